The summed E-state index contributed by atoms with van der Waals surface area (Å²) in [6.45, 7) is 3.80. The number of fused-ring (bicyclic) bond motifs is 4. The molecule has 11 heteroatoms. The first-order valence-corrected chi connectivity index (χ1v) is 16.6. The molecule has 2 aromatic carbocycles. The largest absolute Gasteiger partial charge is 0.461 e. The maximum absolute atomic E-state index is 17.1. The Bertz CT molecular complexity index is 1940. The number of terminal acetylenes is 1. The number of hydrogen-bond donors (Lipinski definition) is 1. The van der Waals surface area contributed by atoms with Gasteiger partial charge in [0.1, 0.15) is 29.5 Å². The minimum absolute atomic E-state index is 0.0166. The van der Waals surface area contributed by atoms with E-state index in [0.29, 0.717) is 53.3 Å². The van der Waals surface area contributed by atoms with Crippen LogP contribution in [0.2, 0.25) is 0 Å². The van der Waals surface area contributed by atoms with Gasteiger partial charge in [-0.25, -0.2) is 22.5 Å². The van der Waals surface area contributed by atoms with E-state index in [2.05, 4.69) is 21.1 Å². The summed E-state index contributed by atoms with van der Waals surface area (Å²) in [5.41, 5.74) is 0.637. The first-order valence-electron chi connectivity index (χ1n) is 16.6. The lowest BCUT2D eigenvalue weighted by molar-refractivity contribution is 0.0175. The molecular weight excluding hydrogens is 608 g/mol. The Kier molecular flexibility index (Phi) is 7.30. The number of anilines is 1. The summed E-state index contributed by atoms with van der Waals surface area (Å²) in [6.07, 6.45) is 9.50. The molecule has 6 heterocycles. The van der Waals surface area contributed by atoms with Gasteiger partial charge in [-0.3, -0.25) is 10.2 Å². The van der Waals surface area contributed by atoms with Crippen molar-refractivity contribution in [3.63, 3.8) is 0 Å². The average molecular weight is 645 g/mol. The number of aromatic nitrogens is 3. The number of benzene rings is 2. The molecular formula is C36H36F4N6O. The van der Waals surface area contributed by atoms with Gasteiger partial charge < -0.3 is 9.64 Å². The third-order valence-electron chi connectivity index (χ3n) is 10.8. The van der Waals surface area contributed by atoms with Crippen LogP contribution in [-0.4, -0.2) is 69.8 Å². The third kappa shape index (κ3) is 4.82. The Morgan fingerprint density at radius 2 is 1.87 bits per heavy atom. The van der Waals surface area contributed by atoms with E-state index in [9.17, 15) is 4.39 Å². The Hall–Kier alpha value is -4.01. The number of ether oxygens (including phenoxy) is 1. The fourth-order valence-electron chi connectivity index (χ4n) is 8.35. The van der Waals surface area contributed by atoms with Gasteiger partial charge in [-0.05, 0) is 75.9 Å². The van der Waals surface area contributed by atoms with Crippen LogP contribution >= 0.6 is 0 Å². The van der Waals surface area contributed by atoms with Gasteiger partial charge in [0, 0.05) is 10.9 Å². The van der Waals surface area contributed by atoms with Gasteiger partial charge in [-0.1, -0.05) is 37.1 Å². The smallest absolute Gasteiger partial charge is 0.319 e. The van der Waals surface area contributed by atoms with Gasteiger partial charge in [0.15, 0.2) is 17.9 Å². The van der Waals surface area contributed by atoms with Crippen LogP contribution in [0.15, 0.2) is 30.3 Å². The minimum Gasteiger partial charge on any atom is -0.461 e. The molecule has 0 aliphatic carbocycles. The van der Waals surface area contributed by atoms with Crippen LogP contribution in [0.1, 0.15) is 63.1 Å². The highest BCUT2D eigenvalue weighted by Gasteiger charge is 2.47. The number of nitrogens with one attached hydrogen (secondary N) is 1. The number of rotatable bonds is 5. The predicted molar refractivity (Wildman–Crippen MR) is 173 cm³/mol. The van der Waals surface area contributed by atoms with E-state index in [-0.39, 0.29) is 47.1 Å². The van der Waals surface area contributed by atoms with Crippen LogP contribution in [0.3, 0.4) is 0 Å². The third-order valence-corrected chi connectivity index (χ3v) is 10.8. The zero-order valence-electron chi connectivity index (χ0n) is 26.3. The van der Waals surface area contributed by atoms with Crippen LogP contribution in [0.5, 0.6) is 6.01 Å². The number of nitrogens with zero attached hydrogens (tertiary/aromatic N) is 5. The SMILES string of the molecule is C#Cc1c(F)ccc2cccc(-c3nc4c5c(nc(OCC67CCCN6CCC7)nc5c3F)N3C[C@@](F)(CC)NC(F)C3CCC4)c12. The summed E-state index contributed by atoms with van der Waals surface area (Å²) in [7, 11) is 0. The van der Waals surface area contributed by atoms with Gasteiger partial charge >= 0.3 is 6.01 Å². The van der Waals surface area contributed by atoms with Crippen LogP contribution in [0.4, 0.5) is 23.4 Å². The Labute approximate surface area is 270 Å². The van der Waals surface area contributed by atoms with E-state index in [1.807, 2.05) is 0 Å². The van der Waals surface area contributed by atoms with Crippen molar-refractivity contribution < 1.29 is 22.3 Å². The Morgan fingerprint density at radius 1 is 1.06 bits per heavy atom. The second-order valence-corrected chi connectivity index (χ2v) is 13.4. The fourth-order valence-corrected chi connectivity index (χ4v) is 8.35. The van der Waals surface area contributed by atoms with Crippen molar-refractivity contribution in [1.82, 2.24) is 25.2 Å². The highest BCUT2D eigenvalue weighted by Crippen LogP contribution is 2.43. The molecule has 7 nitrogen and oxygen atoms in total. The van der Waals surface area contributed by atoms with Crippen molar-refractivity contribution in [2.75, 3.05) is 31.1 Å². The summed E-state index contributed by atoms with van der Waals surface area (Å²) in [5.74, 6) is -0.730. The van der Waals surface area contributed by atoms with E-state index in [1.54, 1.807) is 36.1 Å². The van der Waals surface area contributed by atoms with Crippen LogP contribution in [-0.2, 0) is 6.42 Å². The summed E-state index contributed by atoms with van der Waals surface area (Å²) in [5, 5.41) is 3.85. The quantitative estimate of drug-likeness (QED) is 0.149. The first kappa shape index (κ1) is 30.3. The Morgan fingerprint density at radius 3 is 2.64 bits per heavy atom. The Balaban J connectivity index is 1.35. The maximum atomic E-state index is 17.1. The molecule has 2 unspecified atom stereocenters. The van der Waals surface area contributed by atoms with Crippen molar-refractivity contribution in [2.45, 2.75) is 82.0 Å². The standard InChI is InChI=1S/C36H36F4N6O/c1-3-22-24(37)14-13-21-9-5-10-23(27(21)22)30-29(38)31-28-25(41-30)11-6-12-26-32(39)44-36(40,4-2)19-46(26)33(28)43-34(42-31)47-20-35-15-7-17-45(35)18-8-16-35/h1,5,9-10,13-14,26,32,44H,4,6-8,11-12,15-20H2,2H3/t26?,32?,36-/m1/s1. The molecule has 1 N–H and O–H groups in total. The molecule has 4 aliphatic heterocycles. The van der Waals surface area contributed by atoms with Gasteiger partial charge in [0.25, 0.3) is 0 Å². The van der Waals surface area contributed by atoms with Crippen molar-refractivity contribution in [1.29, 1.82) is 0 Å². The van der Waals surface area contributed by atoms with Gasteiger partial charge in [0.2, 0.25) is 0 Å². The molecule has 2 aromatic heterocycles. The number of alkyl halides is 2. The zero-order valence-corrected chi connectivity index (χ0v) is 26.3. The molecule has 0 bridgehead atoms. The van der Waals surface area contributed by atoms with Crippen molar-refractivity contribution in [3.05, 3.63) is 53.2 Å². The number of aryl methyl sites for hydroxylation is 1. The molecule has 8 rings (SSSR count). The second kappa shape index (κ2) is 11.3. The molecule has 244 valence electrons. The summed E-state index contributed by atoms with van der Waals surface area (Å²) >= 11 is 0. The second-order valence-electron chi connectivity index (χ2n) is 13.4. The fraction of sp³-hybridized carbons (Fsp3) is 0.472. The molecule has 3 saturated heterocycles. The van der Waals surface area contributed by atoms with E-state index < -0.39 is 29.8 Å². The number of hydrogen-bond acceptors (Lipinski definition) is 7. The molecule has 3 atom stereocenters. The molecule has 0 saturated carbocycles. The van der Waals surface area contributed by atoms with Gasteiger partial charge in [-0.2, -0.15) is 9.97 Å². The van der Waals surface area contributed by atoms with E-state index in [0.717, 1.165) is 38.8 Å². The molecule has 4 aliphatic rings. The van der Waals surface area contributed by atoms with E-state index in [4.69, 9.17) is 21.1 Å². The van der Waals surface area contributed by atoms with Gasteiger partial charge in [-0.15, -0.1) is 6.42 Å². The first-order chi connectivity index (χ1) is 22.7. The van der Waals surface area contributed by atoms with Crippen LogP contribution in [0.25, 0.3) is 32.9 Å². The molecule has 47 heavy (non-hydrogen) atoms. The van der Waals surface area contributed by atoms with Crippen LogP contribution in [0, 0.1) is 24.0 Å². The number of pyridine rings is 1. The lowest BCUT2D eigenvalue weighted by Gasteiger charge is -2.46. The minimum atomic E-state index is -2.02. The van der Waals surface area contributed by atoms with E-state index >= 15 is 13.2 Å². The molecule has 0 amide bonds. The lowest BCUT2D eigenvalue weighted by atomic mass is 9.93. The normalized spacial score (nSPS) is 25.3. The summed E-state index contributed by atoms with van der Waals surface area (Å²) in [6, 6.07) is 7.31. The van der Waals surface area contributed by atoms with Gasteiger partial charge in [0.05, 0.1) is 34.8 Å². The predicted octanol–water partition coefficient (Wildman–Crippen LogP) is 6.60. The van der Waals surface area contributed by atoms with Crippen molar-refractivity contribution in [2.24, 2.45) is 0 Å². The summed E-state index contributed by atoms with van der Waals surface area (Å²) in [4.78, 5) is 18.3. The molecule has 4 aromatic rings. The topological polar surface area (TPSA) is 66.4 Å². The molecule has 3 fully saturated rings. The van der Waals surface area contributed by atoms with E-state index in [1.165, 1.54) is 6.07 Å². The van der Waals surface area contributed by atoms with Crippen molar-refractivity contribution in [3.8, 4) is 29.6 Å². The average Bonchev–Trinajstić information content (AvgIpc) is 3.65. The van der Waals surface area contributed by atoms with Crippen molar-refractivity contribution >= 4 is 27.5 Å². The molecule has 0 radical (unpaired) electrons. The monoisotopic (exact) mass is 644 g/mol. The number of halogens is 4. The zero-order chi connectivity index (χ0) is 32.5. The highest BCUT2D eigenvalue weighted by molar-refractivity contribution is 6.02. The van der Waals surface area contributed by atoms with Crippen LogP contribution < -0.4 is 15.0 Å². The maximum Gasteiger partial charge on any atom is 0.319 e. The summed E-state index contributed by atoms with van der Waals surface area (Å²) < 4.78 is 70.0. The lowest BCUT2D eigenvalue weighted by Crippen LogP contribution is -2.66. The molecule has 0 spiro atoms. The highest BCUT2D eigenvalue weighted by atomic mass is 19.2. The number of piperazine rings is 1.